The van der Waals surface area contributed by atoms with Crippen molar-refractivity contribution in [2.75, 3.05) is 10.6 Å². The molecule has 5 N–H and O–H groups in total. The number of nitrogens with zero attached hydrogens (tertiary/aromatic N) is 1. The van der Waals surface area contributed by atoms with E-state index in [1.54, 1.807) is 36.4 Å². The van der Waals surface area contributed by atoms with Crippen LogP contribution in [0.2, 0.25) is 5.02 Å². The molecule has 1 aromatic heterocycles. The summed E-state index contributed by atoms with van der Waals surface area (Å²) in [5.41, 5.74) is 0.264. The van der Waals surface area contributed by atoms with E-state index in [1.165, 1.54) is 42.8 Å². The molecular weight excluding hydrogens is 561 g/mol. The molecule has 0 saturated heterocycles. The van der Waals surface area contributed by atoms with Gasteiger partial charge in [0.15, 0.2) is 0 Å². The number of aromatic nitrogens is 1. The Labute approximate surface area is 235 Å². The van der Waals surface area contributed by atoms with Gasteiger partial charge in [-0.1, -0.05) is 17.7 Å². The second kappa shape index (κ2) is 11.5. The summed E-state index contributed by atoms with van der Waals surface area (Å²) in [7, 11) is -4.00. The van der Waals surface area contributed by atoms with E-state index < -0.39 is 50.4 Å². The molecule has 0 spiro atoms. The highest BCUT2D eigenvalue weighted by molar-refractivity contribution is 7.90. The minimum Gasteiger partial charge on any atom is -0.326 e. The van der Waals surface area contributed by atoms with E-state index in [9.17, 15) is 22.8 Å². The van der Waals surface area contributed by atoms with Crippen LogP contribution in [0.15, 0.2) is 71.7 Å². The Balaban J connectivity index is 1.56. The van der Waals surface area contributed by atoms with Gasteiger partial charge in [0.1, 0.15) is 10.7 Å². The standard InChI is InChI=1S/C27H29ClFN5O5S/c1-27(2,40(30,38)39)33-18-13-20(25(36)31-17-8-6-16(28)7-9-17)21(14-18)26(37)32-23-11-10-19(15-22(23)29)34-12-4-3-5-24(34)35/h3-12,15,18,20-21,33H,13-14H2,1-2H3,(H,31,36)(H,32,37)(H2,30,38,39). The second-order valence-corrected chi connectivity index (χ2v) is 12.7. The molecule has 0 bridgehead atoms. The first-order valence-electron chi connectivity index (χ1n) is 12.4. The van der Waals surface area contributed by atoms with Gasteiger partial charge in [0.25, 0.3) is 5.56 Å². The first-order chi connectivity index (χ1) is 18.7. The van der Waals surface area contributed by atoms with Crippen molar-refractivity contribution in [3.8, 4) is 5.69 Å². The fraction of sp³-hybridized carbons (Fsp3) is 0.296. The maximum atomic E-state index is 15.0. The molecule has 0 radical (unpaired) electrons. The molecular formula is C27H29ClFN5O5S. The van der Waals surface area contributed by atoms with Crippen molar-refractivity contribution >= 4 is 44.8 Å². The summed E-state index contributed by atoms with van der Waals surface area (Å²) >= 11 is 5.92. The first-order valence-corrected chi connectivity index (χ1v) is 14.3. The van der Waals surface area contributed by atoms with Crippen molar-refractivity contribution in [3.63, 3.8) is 0 Å². The zero-order valence-electron chi connectivity index (χ0n) is 21.7. The number of nitrogens with one attached hydrogen (secondary N) is 3. The number of carbonyl (C=O) groups excluding carboxylic acids is 2. The molecule has 1 fully saturated rings. The van der Waals surface area contributed by atoms with Gasteiger partial charge in [0.05, 0.1) is 23.2 Å². The second-order valence-electron chi connectivity index (χ2n) is 10.1. The largest absolute Gasteiger partial charge is 0.326 e. The molecule has 4 rings (SSSR count). The molecule has 2 aromatic carbocycles. The predicted molar refractivity (Wildman–Crippen MR) is 151 cm³/mol. The van der Waals surface area contributed by atoms with Crippen LogP contribution in [-0.4, -0.2) is 35.7 Å². The fourth-order valence-corrected chi connectivity index (χ4v) is 5.16. The lowest BCUT2D eigenvalue weighted by atomic mass is 9.94. The third kappa shape index (κ3) is 6.58. The van der Waals surface area contributed by atoms with Gasteiger partial charge < -0.3 is 10.6 Å². The number of hydrogen-bond acceptors (Lipinski definition) is 6. The molecule has 3 aromatic rings. The summed E-state index contributed by atoms with van der Waals surface area (Å²) in [6, 6.07) is 14.3. The lowest BCUT2D eigenvalue weighted by Gasteiger charge is -2.27. The Kier molecular flexibility index (Phi) is 8.45. The Morgan fingerprint density at radius 1 is 1.00 bits per heavy atom. The van der Waals surface area contributed by atoms with E-state index in [1.807, 2.05) is 0 Å². The van der Waals surface area contributed by atoms with Crippen molar-refractivity contribution in [3.05, 3.63) is 88.1 Å². The normalized spacial score (nSPS) is 19.3. The number of halogens is 2. The number of rotatable bonds is 8. The SMILES string of the molecule is CC(C)(NC1CC(C(=O)Nc2ccc(Cl)cc2)C(C(=O)Nc2ccc(-n3ccccc3=O)cc2F)C1)S(N)(=O)=O. The predicted octanol–water partition coefficient (Wildman–Crippen LogP) is 3.22. The van der Waals surface area contributed by atoms with Crippen LogP contribution >= 0.6 is 11.6 Å². The molecule has 13 heteroatoms. The molecule has 2 amide bonds. The van der Waals surface area contributed by atoms with Crippen LogP contribution < -0.4 is 26.6 Å². The van der Waals surface area contributed by atoms with Gasteiger partial charge in [-0.25, -0.2) is 17.9 Å². The van der Waals surface area contributed by atoms with Crippen molar-refractivity contribution < 1.29 is 22.4 Å². The van der Waals surface area contributed by atoms with E-state index in [-0.39, 0.29) is 29.8 Å². The zero-order chi connectivity index (χ0) is 29.2. The molecule has 212 valence electrons. The fourth-order valence-electron chi connectivity index (χ4n) is 4.70. The maximum absolute atomic E-state index is 15.0. The van der Waals surface area contributed by atoms with Crippen LogP contribution in [0.3, 0.4) is 0 Å². The van der Waals surface area contributed by atoms with Gasteiger partial charge in [-0.05, 0) is 69.2 Å². The number of carbonyl (C=O) groups is 2. The average molecular weight is 590 g/mol. The van der Waals surface area contributed by atoms with E-state index >= 15 is 4.39 Å². The third-order valence-electron chi connectivity index (χ3n) is 6.92. The van der Waals surface area contributed by atoms with Gasteiger partial charge in [-0.15, -0.1) is 0 Å². The smallest absolute Gasteiger partial charge is 0.255 e. The Bertz CT molecular complexity index is 1590. The number of benzene rings is 2. The highest BCUT2D eigenvalue weighted by atomic mass is 35.5. The van der Waals surface area contributed by atoms with Crippen LogP contribution in [0.25, 0.3) is 5.69 Å². The highest BCUT2D eigenvalue weighted by Gasteiger charge is 2.45. The summed E-state index contributed by atoms with van der Waals surface area (Å²) in [5.74, 6) is -3.63. The molecule has 10 nitrogen and oxygen atoms in total. The van der Waals surface area contributed by atoms with Crippen molar-refractivity contribution in [2.45, 2.75) is 37.6 Å². The summed E-state index contributed by atoms with van der Waals surface area (Å²) in [6.45, 7) is 2.79. The van der Waals surface area contributed by atoms with Gasteiger partial charge in [-0.3, -0.25) is 24.3 Å². The van der Waals surface area contributed by atoms with Crippen LogP contribution in [0.1, 0.15) is 26.7 Å². The lowest BCUT2D eigenvalue weighted by molar-refractivity contribution is -0.128. The van der Waals surface area contributed by atoms with E-state index in [0.29, 0.717) is 10.7 Å². The highest BCUT2D eigenvalue weighted by Crippen LogP contribution is 2.36. The van der Waals surface area contributed by atoms with Crippen LogP contribution in [0.4, 0.5) is 15.8 Å². The number of amides is 2. The summed E-state index contributed by atoms with van der Waals surface area (Å²) in [4.78, 5) is 37.2. The molecule has 1 aliphatic rings. The molecule has 40 heavy (non-hydrogen) atoms. The van der Waals surface area contributed by atoms with Crippen LogP contribution in [0, 0.1) is 17.7 Å². The quantitative estimate of drug-likeness (QED) is 0.316. The monoisotopic (exact) mass is 589 g/mol. The van der Waals surface area contributed by atoms with E-state index in [0.717, 1.165) is 6.07 Å². The number of nitrogens with two attached hydrogens (primary N) is 1. The molecule has 1 aliphatic carbocycles. The number of primary sulfonamides is 1. The van der Waals surface area contributed by atoms with Gasteiger partial charge >= 0.3 is 0 Å². The third-order valence-corrected chi connectivity index (χ3v) is 8.71. The molecule has 3 unspecified atom stereocenters. The zero-order valence-corrected chi connectivity index (χ0v) is 23.3. The number of hydrogen-bond donors (Lipinski definition) is 4. The van der Waals surface area contributed by atoms with Crippen molar-refractivity contribution in [1.29, 1.82) is 0 Å². The minimum absolute atomic E-state index is 0.0998. The van der Waals surface area contributed by atoms with Gasteiger partial charge in [0, 0.05) is 35.1 Å². The molecule has 3 atom stereocenters. The number of sulfonamides is 1. The molecule has 1 saturated carbocycles. The number of anilines is 2. The summed E-state index contributed by atoms with van der Waals surface area (Å²) in [6.07, 6.45) is 1.73. The van der Waals surface area contributed by atoms with Gasteiger partial charge in [-0.2, -0.15) is 0 Å². The minimum atomic E-state index is -4.00. The average Bonchev–Trinajstić information content (AvgIpc) is 3.30. The lowest BCUT2D eigenvalue weighted by Crippen LogP contribution is -2.53. The summed E-state index contributed by atoms with van der Waals surface area (Å²) < 4.78 is 40.4. The molecule has 1 heterocycles. The Morgan fingerprint density at radius 3 is 2.20 bits per heavy atom. The van der Waals surface area contributed by atoms with E-state index in [4.69, 9.17) is 16.7 Å². The Morgan fingerprint density at radius 2 is 1.62 bits per heavy atom. The Hall–Kier alpha value is -3.58. The summed E-state index contributed by atoms with van der Waals surface area (Å²) in [5, 5.41) is 14.1. The molecule has 0 aliphatic heterocycles. The van der Waals surface area contributed by atoms with E-state index in [2.05, 4.69) is 16.0 Å². The van der Waals surface area contributed by atoms with Crippen molar-refractivity contribution in [1.82, 2.24) is 9.88 Å². The number of pyridine rings is 1. The maximum Gasteiger partial charge on any atom is 0.255 e. The first kappa shape index (κ1) is 29.4. The topological polar surface area (TPSA) is 152 Å². The van der Waals surface area contributed by atoms with Crippen LogP contribution in [-0.2, 0) is 19.6 Å². The van der Waals surface area contributed by atoms with Crippen LogP contribution in [0.5, 0.6) is 0 Å². The van der Waals surface area contributed by atoms with Crippen molar-refractivity contribution in [2.24, 2.45) is 17.0 Å². The van der Waals surface area contributed by atoms with Gasteiger partial charge in [0.2, 0.25) is 21.8 Å².